The molecule has 12 heteroatoms. The summed E-state index contributed by atoms with van der Waals surface area (Å²) >= 11 is 0. The van der Waals surface area contributed by atoms with Gasteiger partial charge in [-0.15, -0.1) is 15.3 Å². The van der Waals surface area contributed by atoms with Crippen LogP contribution in [-0.2, 0) is 19.7 Å². The van der Waals surface area contributed by atoms with Gasteiger partial charge in [0.15, 0.2) is 11.5 Å². The first-order valence-electron chi connectivity index (χ1n) is 15.2. The number of anilines is 1. The van der Waals surface area contributed by atoms with Crippen LogP contribution in [-0.4, -0.2) is 79.1 Å². The number of carboxylic acid groups (broad SMARTS) is 2. The van der Waals surface area contributed by atoms with Crippen molar-refractivity contribution in [2.45, 2.75) is 50.7 Å². The van der Waals surface area contributed by atoms with Gasteiger partial charge in [0.2, 0.25) is 0 Å². The quantitative estimate of drug-likeness (QED) is 0.147. The Labute approximate surface area is 268 Å². The number of aliphatic carboxylic acids is 2. The number of likely N-dealkylation sites (tertiary alicyclic amines) is 1. The number of hydrogen-bond acceptors (Lipinski definition) is 9. The minimum absolute atomic E-state index is 0.0343. The molecule has 0 bridgehead atoms. The van der Waals surface area contributed by atoms with Crippen LogP contribution in [0.4, 0.5) is 5.82 Å². The van der Waals surface area contributed by atoms with E-state index < -0.39 is 17.4 Å². The Morgan fingerprint density at radius 3 is 2.11 bits per heavy atom. The highest BCUT2D eigenvalue weighted by molar-refractivity contribution is 5.89. The monoisotopic (exact) mass is 625 g/mol. The van der Waals surface area contributed by atoms with Crippen molar-refractivity contribution in [2.24, 2.45) is 0 Å². The summed E-state index contributed by atoms with van der Waals surface area (Å²) in [4.78, 5) is 21.6. The molecule has 0 saturated carbocycles. The number of benzene rings is 2. The van der Waals surface area contributed by atoms with Gasteiger partial charge in [-0.3, -0.25) is 0 Å². The third-order valence-corrected chi connectivity index (χ3v) is 7.49. The Balaban J connectivity index is 0.000000533. The van der Waals surface area contributed by atoms with Crippen LogP contribution in [0.3, 0.4) is 0 Å². The standard InChI is InChI=1S/C30H35N7O.C4H4O4/c1-30(2,22-31)29-34-33-27-15-14-26(35-37(27)29)32-18-9-19-36-20-16-25(17-21-36)38-28(23-10-5-3-6-11-23)24-12-7-4-8-13-24;5-3(6)1-2-4(7)8/h3-8,10-15,25,28H,9,16-21H2,1-2H3,(H,32,35);1-2H,(H,5,6)(H,7,8)/b;2-1+. The molecule has 1 fully saturated rings. The van der Waals surface area contributed by atoms with Crippen LogP contribution in [0.15, 0.2) is 84.9 Å². The number of fused-ring (bicyclic) bond motifs is 1. The summed E-state index contributed by atoms with van der Waals surface area (Å²) in [5, 5.41) is 41.4. The summed E-state index contributed by atoms with van der Waals surface area (Å²) in [6.45, 7) is 7.57. The number of carboxylic acids is 2. The second-order valence-electron chi connectivity index (χ2n) is 11.4. The Morgan fingerprint density at radius 1 is 0.978 bits per heavy atom. The zero-order valence-corrected chi connectivity index (χ0v) is 26.0. The topological polar surface area (TPSA) is 166 Å². The van der Waals surface area contributed by atoms with Crippen molar-refractivity contribution < 1.29 is 24.5 Å². The van der Waals surface area contributed by atoms with E-state index in [4.69, 9.17) is 14.9 Å². The molecule has 3 N–H and O–H groups in total. The minimum Gasteiger partial charge on any atom is -0.478 e. The van der Waals surface area contributed by atoms with Gasteiger partial charge >= 0.3 is 11.9 Å². The summed E-state index contributed by atoms with van der Waals surface area (Å²) in [6.07, 6.45) is 4.42. The fourth-order valence-corrected chi connectivity index (χ4v) is 5.05. The molecule has 1 aliphatic heterocycles. The van der Waals surface area contributed by atoms with E-state index in [0.29, 0.717) is 23.6 Å². The van der Waals surface area contributed by atoms with E-state index in [1.807, 2.05) is 26.0 Å². The summed E-state index contributed by atoms with van der Waals surface area (Å²) < 4.78 is 8.35. The van der Waals surface area contributed by atoms with Crippen LogP contribution < -0.4 is 5.32 Å². The summed E-state index contributed by atoms with van der Waals surface area (Å²) in [6, 6.07) is 27.1. The highest BCUT2D eigenvalue weighted by atomic mass is 16.5. The van der Waals surface area contributed by atoms with Crippen LogP contribution in [0, 0.1) is 11.3 Å². The average Bonchev–Trinajstić information content (AvgIpc) is 3.51. The molecule has 3 heterocycles. The van der Waals surface area contributed by atoms with Gasteiger partial charge in [-0.05, 0) is 62.9 Å². The molecule has 0 aliphatic carbocycles. The maximum Gasteiger partial charge on any atom is 0.328 e. The number of rotatable bonds is 12. The highest BCUT2D eigenvalue weighted by Gasteiger charge is 2.27. The van der Waals surface area contributed by atoms with Crippen molar-refractivity contribution in [3.63, 3.8) is 0 Å². The molecule has 0 unspecified atom stereocenters. The zero-order valence-electron chi connectivity index (χ0n) is 26.0. The molecule has 0 radical (unpaired) electrons. The number of hydrogen-bond donors (Lipinski definition) is 3. The molecule has 240 valence electrons. The lowest BCUT2D eigenvalue weighted by atomic mass is 9.95. The van der Waals surface area contributed by atoms with Crippen LogP contribution >= 0.6 is 0 Å². The Morgan fingerprint density at radius 2 is 1.57 bits per heavy atom. The number of aromatic nitrogens is 4. The number of carbonyl (C=O) groups is 2. The molecule has 12 nitrogen and oxygen atoms in total. The van der Waals surface area contributed by atoms with Crippen molar-refractivity contribution in [3.8, 4) is 6.07 Å². The molecule has 1 aliphatic rings. The lowest BCUT2D eigenvalue weighted by Crippen LogP contribution is -2.38. The number of nitrogens with zero attached hydrogens (tertiary/aromatic N) is 6. The molecule has 46 heavy (non-hydrogen) atoms. The van der Waals surface area contributed by atoms with E-state index in [0.717, 1.165) is 51.3 Å². The van der Waals surface area contributed by atoms with E-state index in [-0.39, 0.29) is 12.2 Å². The predicted octanol–water partition coefficient (Wildman–Crippen LogP) is 4.71. The average molecular weight is 626 g/mol. The molecular formula is C34H39N7O5. The van der Waals surface area contributed by atoms with Crippen LogP contribution in [0.1, 0.15) is 56.2 Å². The van der Waals surface area contributed by atoms with Gasteiger partial charge in [0.05, 0.1) is 12.2 Å². The van der Waals surface area contributed by atoms with Crippen molar-refractivity contribution in [3.05, 3.63) is 102 Å². The molecule has 0 spiro atoms. The fraction of sp³-hybridized carbons (Fsp3) is 0.353. The van der Waals surface area contributed by atoms with E-state index in [1.54, 1.807) is 4.52 Å². The van der Waals surface area contributed by atoms with Gasteiger partial charge in [-0.25, -0.2) is 9.59 Å². The summed E-state index contributed by atoms with van der Waals surface area (Å²) in [5.74, 6) is -1.21. The fourth-order valence-electron chi connectivity index (χ4n) is 5.05. The van der Waals surface area contributed by atoms with Crippen molar-refractivity contribution >= 4 is 23.4 Å². The number of piperidine rings is 1. The van der Waals surface area contributed by atoms with E-state index in [1.165, 1.54) is 11.1 Å². The Hall–Kier alpha value is -5.12. The highest BCUT2D eigenvalue weighted by Crippen LogP contribution is 2.30. The summed E-state index contributed by atoms with van der Waals surface area (Å²) in [5.41, 5.74) is 2.28. The second-order valence-corrected chi connectivity index (χ2v) is 11.4. The van der Waals surface area contributed by atoms with Gasteiger partial charge in [0.25, 0.3) is 0 Å². The lowest BCUT2D eigenvalue weighted by Gasteiger charge is -2.34. The van der Waals surface area contributed by atoms with Gasteiger partial charge in [0.1, 0.15) is 17.3 Å². The van der Waals surface area contributed by atoms with Gasteiger partial charge in [-0.1, -0.05) is 60.7 Å². The molecular weight excluding hydrogens is 586 g/mol. The number of nitriles is 1. The molecule has 0 atom stereocenters. The predicted molar refractivity (Wildman–Crippen MR) is 172 cm³/mol. The molecule has 1 saturated heterocycles. The molecule has 2 aromatic carbocycles. The third-order valence-electron chi connectivity index (χ3n) is 7.49. The van der Waals surface area contributed by atoms with Crippen LogP contribution in [0.2, 0.25) is 0 Å². The SMILES string of the molecule is CC(C)(C#N)c1nnc2ccc(NCCCN3CCC(OC(c4ccccc4)c4ccccc4)CC3)nn12.O=C(O)/C=C/C(=O)O. The minimum atomic E-state index is -1.26. The normalized spacial score (nSPS) is 14.1. The van der Waals surface area contributed by atoms with E-state index in [2.05, 4.69) is 92.2 Å². The lowest BCUT2D eigenvalue weighted by molar-refractivity contribution is -0.134. The smallest absolute Gasteiger partial charge is 0.328 e. The van der Waals surface area contributed by atoms with Crippen molar-refractivity contribution in [1.82, 2.24) is 24.7 Å². The second kappa shape index (κ2) is 16.3. The van der Waals surface area contributed by atoms with Crippen molar-refractivity contribution in [2.75, 3.05) is 31.5 Å². The molecule has 2 aromatic heterocycles. The molecule has 4 aromatic rings. The molecule has 5 rings (SSSR count). The van der Waals surface area contributed by atoms with Gasteiger partial charge in [-0.2, -0.15) is 9.78 Å². The largest absolute Gasteiger partial charge is 0.478 e. The van der Waals surface area contributed by atoms with Crippen LogP contribution in [0.5, 0.6) is 0 Å². The van der Waals surface area contributed by atoms with E-state index >= 15 is 0 Å². The van der Waals surface area contributed by atoms with Gasteiger partial charge in [0, 0.05) is 31.8 Å². The molecule has 0 amide bonds. The van der Waals surface area contributed by atoms with Crippen molar-refractivity contribution in [1.29, 1.82) is 5.26 Å². The zero-order chi connectivity index (χ0) is 32.9. The first kappa shape index (κ1) is 33.8. The third kappa shape index (κ3) is 9.69. The van der Waals surface area contributed by atoms with Crippen LogP contribution in [0.25, 0.3) is 5.65 Å². The first-order valence-corrected chi connectivity index (χ1v) is 15.2. The number of nitrogens with one attached hydrogen (secondary N) is 1. The maximum absolute atomic E-state index is 9.55. The Bertz CT molecular complexity index is 1590. The van der Waals surface area contributed by atoms with Gasteiger partial charge < -0.3 is 25.2 Å². The Kier molecular flexibility index (Phi) is 11.9. The summed E-state index contributed by atoms with van der Waals surface area (Å²) in [7, 11) is 0. The first-order chi connectivity index (χ1) is 22.2. The van der Waals surface area contributed by atoms with E-state index in [9.17, 15) is 14.9 Å². The maximum atomic E-state index is 9.55. The number of ether oxygens (including phenoxy) is 1.